The molecule has 2 heterocycles. The van der Waals surface area contributed by atoms with E-state index in [0.29, 0.717) is 0 Å². The summed E-state index contributed by atoms with van der Waals surface area (Å²) in [5.41, 5.74) is 4.44. The van der Waals surface area contributed by atoms with Gasteiger partial charge in [-0.15, -0.1) is 10.2 Å². The highest BCUT2D eigenvalue weighted by Crippen LogP contribution is 2.25. The third-order valence-electron chi connectivity index (χ3n) is 3.76. The van der Waals surface area contributed by atoms with Crippen LogP contribution in [-0.4, -0.2) is 26.9 Å². The number of benzene rings is 1. The van der Waals surface area contributed by atoms with Gasteiger partial charge in [0.25, 0.3) is 0 Å². The van der Waals surface area contributed by atoms with Crippen LogP contribution in [0.5, 0.6) is 0 Å². The molecule has 5 nitrogen and oxygen atoms in total. The lowest BCUT2D eigenvalue weighted by atomic mass is 10.0. The molecule has 5 heteroatoms. The molecular formula is C17H18N4O. The van der Waals surface area contributed by atoms with Gasteiger partial charge >= 0.3 is 0 Å². The quantitative estimate of drug-likeness (QED) is 0.740. The van der Waals surface area contributed by atoms with E-state index >= 15 is 0 Å². The number of aromatic nitrogens is 4. The zero-order valence-corrected chi connectivity index (χ0v) is 12.9. The zero-order chi connectivity index (χ0) is 15.5. The van der Waals surface area contributed by atoms with Crippen LogP contribution < -0.4 is 0 Å². The number of methoxy groups -OCH3 is 1. The van der Waals surface area contributed by atoms with Crippen molar-refractivity contribution in [3.05, 3.63) is 60.3 Å². The number of ether oxygens (including phenoxy) is 1. The third-order valence-corrected chi connectivity index (χ3v) is 3.76. The monoisotopic (exact) mass is 294 g/mol. The maximum atomic E-state index is 5.39. The van der Waals surface area contributed by atoms with E-state index in [-0.39, 0.29) is 6.10 Å². The number of aryl methyl sites for hydroxylation is 1. The lowest BCUT2D eigenvalue weighted by Crippen LogP contribution is -1.99. The molecule has 1 aromatic carbocycles. The SMILES string of the molecule is COC(C)c1cccc(-c2cnc(-n3cnnc3)c(C)c2)c1. The van der Waals surface area contributed by atoms with E-state index < -0.39 is 0 Å². The zero-order valence-electron chi connectivity index (χ0n) is 12.9. The second-order valence-electron chi connectivity index (χ2n) is 5.24. The van der Waals surface area contributed by atoms with Crippen molar-refractivity contribution in [2.24, 2.45) is 0 Å². The Morgan fingerprint density at radius 1 is 1.09 bits per heavy atom. The van der Waals surface area contributed by atoms with Gasteiger partial charge in [-0.2, -0.15) is 0 Å². The molecule has 0 N–H and O–H groups in total. The predicted octanol–water partition coefficient (Wildman–Crippen LogP) is 3.35. The number of hydrogen-bond donors (Lipinski definition) is 0. The summed E-state index contributed by atoms with van der Waals surface area (Å²) in [4.78, 5) is 4.54. The van der Waals surface area contributed by atoms with E-state index in [2.05, 4.69) is 39.4 Å². The molecule has 0 aliphatic rings. The summed E-state index contributed by atoms with van der Waals surface area (Å²) in [5.74, 6) is 0.843. The molecule has 0 aliphatic carbocycles. The number of nitrogens with zero attached hydrogens (tertiary/aromatic N) is 4. The molecule has 0 amide bonds. The first-order valence-electron chi connectivity index (χ1n) is 7.14. The van der Waals surface area contributed by atoms with E-state index in [0.717, 1.165) is 28.1 Å². The second kappa shape index (κ2) is 6.07. The maximum absolute atomic E-state index is 5.39. The summed E-state index contributed by atoms with van der Waals surface area (Å²) < 4.78 is 7.19. The Morgan fingerprint density at radius 2 is 1.86 bits per heavy atom. The summed E-state index contributed by atoms with van der Waals surface area (Å²) in [7, 11) is 1.72. The van der Waals surface area contributed by atoms with Crippen molar-refractivity contribution < 1.29 is 4.74 Å². The molecule has 2 aromatic heterocycles. The van der Waals surface area contributed by atoms with E-state index in [9.17, 15) is 0 Å². The van der Waals surface area contributed by atoms with Crippen LogP contribution in [0.25, 0.3) is 16.9 Å². The van der Waals surface area contributed by atoms with Crippen molar-refractivity contribution in [2.45, 2.75) is 20.0 Å². The van der Waals surface area contributed by atoms with Crippen molar-refractivity contribution in [1.82, 2.24) is 19.7 Å². The van der Waals surface area contributed by atoms with Gasteiger partial charge in [-0.05, 0) is 42.7 Å². The average Bonchev–Trinajstić information content (AvgIpc) is 3.08. The fourth-order valence-electron chi connectivity index (χ4n) is 2.41. The number of pyridine rings is 1. The van der Waals surface area contributed by atoms with Gasteiger partial charge in [0, 0.05) is 18.9 Å². The molecule has 0 spiro atoms. The molecule has 1 unspecified atom stereocenters. The Kier molecular flexibility index (Phi) is 3.98. The summed E-state index contributed by atoms with van der Waals surface area (Å²) in [6.07, 6.45) is 5.25. The molecule has 3 aromatic rings. The van der Waals surface area contributed by atoms with Gasteiger partial charge in [-0.3, -0.25) is 4.57 Å². The van der Waals surface area contributed by atoms with Crippen molar-refractivity contribution in [1.29, 1.82) is 0 Å². The summed E-state index contributed by atoms with van der Waals surface area (Å²) in [5, 5.41) is 7.64. The topological polar surface area (TPSA) is 52.8 Å². The minimum absolute atomic E-state index is 0.0744. The van der Waals surface area contributed by atoms with Crippen molar-refractivity contribution >= 4 is 0 Å². The van der Waals surface area contributed by atoms with Crippen LogP contribution in [0.1, 0.15) is 24.2 Å². The van der Waals surface area contributed by atoms with Gasteiger partial charge in [-0.25, -0.2) is 4.98 Å². The Hall–Kier alpha value is -2.53. The van der Waals surface area contributed by atoms with Gasteiger partial charge in [0.1, 0.15) is 18.5 Å². The Morgan fingerprint density at radius 3 is 2.55 bits per heavy atom. The first kappa shape index (κ1) is 14.4. The van der Waals surface area contributed by atoms with Crippen molar-refractivity contribution in [2.75, 3.05) is 7.11 Å². The molecule has 0 bridgehead atoms. The Labute approximate surface area is 129 Å². The molecule has 1 atom stereocenters. The molecular weight excluding hydrogens is 276 g/mol. The van der Waals surface area contributed by atoms with Gasteiger partial charge in [0.05, 0.1) is 6.10 Å². The molecule has 3 rings (SSSR count). The normalized spacial score (nSPS) is 12.3. The molecule has 112 valence electrons. The maximum Gasteiger partial charge on any atom is 0.142 e. The lowest BCUT2D eigenvalue weighted by Gasteiger charge is -2.12. The van der Waals surface area contributed by atoms with Crippen LogP contribution in [-0.2, 0) is 4.74 Å². The Bertz CT molecular complexity index is 768. The largest absolute Gasteiger partial charge is 0.377 e. The first-order valence-corrected chi connectivity index (χ1v) is 7.14. The predicted molar refractivity (Wildman–Crippen MR) is 84.8 cm³/mol. The van der Waals surface area contributed by atoms with Crippen LogP contribution in [0.4, 0.5) is 0 Å². The molecule has 0 radical (unpaired) electrons. The molecule has 0 fully saturated rings. The van der Waals surface area contributed by atoms with Crippen molar-refractivity contribution in [3.63, 3.8) is 0 Å². The van der Waals surface area contributed by atoms with E-state index in [1.807, 2.05) is 30.7 Å². The van der Waals surface area contributed by atoms with Crippen LogP contribution in [0.2, 0.25) is 0 Å². The highest BCUT2D eigenvalue weighted by Gasteiger charge is 2.08. The van der Waals surface area contributed by atoms with Gasteiger partial charge in [-0.1, -0.05) is 18.2 Å². The molecule has 0 aliphatic heterocycles. The van der Waals surface area contributed by atoms with Gasteiger partial charge in [0.15, 0.2) is 0 Å². The standard InChI is InChI=1S/C17H18N4O/c1-12-7-16(9-18-17(12)21-10-19-20-11-21)15-6-4-5-14(8-15)13(2)22-3/h4-11,13H,1-3H3. The fraction of sp³-hybridized carbons (Fsp3) is 0.235. The fourth-order valence-corrected chi connectivity index (χ4v) is 2.41. The molecule has 22 heavy (non-hydrogen) atoms. The minimum atomic E-state index is 0.0744. The number of rotatable bonds is 4. The molecule has 0 saturated carbocycles. The van der Waals surface area contributed by atoms with Crippen LogP contribution in [0.15, 0.2) is 49.2 Å². The van der Waals surface area contributed by atoms with Crippen LogP contribution >= 0.6 is 0 Å². The first-order chi connectivity index (χ1) is 10.7. The third kappa shape index (κ3) is 2.76. The van der Waals surface area contributed by atoms with Crippen LogP contribution in [0, 0.1) is 6.92 Å². The van der Waals surface area contributed by atoms with Crippen LogP contribution in [0.3, 0.4) is 0 Å². The Balaban J connectivity index is 1.98. The van der Waals surface area contributed by atoms with Crippen molar-refractivity contribution in [3.8, 4) is 16.9 Å². The minimum Gasteiger partial charge on any atom is -0.377 e. The van der Waals surface area contributed by atoms with E-state index in [1.165, 1.54) is 0 Å². The summed E-state index contributed by atoms with van der Waals surface area (Å²) in [6.45, 7) is 4.07. The lowest BCUT2D eigenvalue weighted by molar-refractivity contribution is 0.119. The molecule has 0 saturated heterocycles. The van der Waals surface area contributed by atoms with Gasteiger partial charge < -0.3 is 4.74 Å². The highest BCUT2D eigenvalue weighted by atomic mass is 16.5. The average molecular weight is 294 g/mol. The smallest absolute Gasteiger partial charge is 0.142 e. The van der Waals surface area contributed by atoms with E-state index in [1.54, 1.807) is 19.8 Å². The number of hydrogen-bond acceptors (Lipinski definition) is 4. The highest BCUT2D eigenvalue weighted by molar-refractivity contribution is 5.65. The van der Waals surface area contributed by atoms with E-state index in [4.69, 9.17) is 4.74 Å². The second-order valence-corrected chi connectivity index (χ2v) is 5.24. The summed E-state index contributed by atoms with van der Waals surface area (Å²) >= 11 is 0. The van der Waals surface area contributed by atoms with Gasteiger partial charge in [0.2, 0.25) is 0 Å². The summed E-state index contributed by atoms with van der Waals surface area (Å²) in [6, 6.07) is 10.5.